The maximum Gasteiger partial charge on any atom is 0.229 e. The van der Waals surface area contributed by atoms with E-state index in [1.54, 1.807) is 11.8 Å². The smallest absolute Gasteiger partial charge is 0.229 e. The summed E-state index contributed by atoms with van der Waals surface area (Å²) in [5.41, 5.74) is 2.86. The lowest BCUT2D eigenvalue weighted by molar-refractivity contribution is -0.132. The molecule has 5 heteroatoms. The van der Waals surface area contributed by atoms with Crippen LogP contribution in [0.2, 0.25) is 0 Å². The van der Waals surface area contributed by atoms with Crippen molar-refractivity contribution in [3.8, 4) is 0 Å². The number of aliphatic hydroxyl groups excluding tert-OH is 1. The molecule has 1 fully saturated rings. The van der Waals surface area contributed by atoms with Crippen molar-refractivity contribution in [1.29, 1.82) is 0 Å². The molecule has 1 aromatic carbocycles. The predicted molar refractivity (Wildman–Crippen MR) is 92.6 cm³/mol. The van der Waals surface area contributed by atoms with Crippen molar-refractivity contribution in [2.24, 2.45) is 5.92 Å². The lowest BCUT2D eigenvalue weighted by atomic mass is 9.96. The molecule has 0 bridgehead atoms. The molecule has 24 heavy (non-hydrogen) atoms. The van der Waals surface area contributed by atoms with Crippen LogP contribution in [-0.4, -0.2) is 34.9 Å². The number of fused-ring (bicyclic) bond motifs is 1. The number of hydrogen-bond donors (Lipinski definition) is 2. The molecular weight excluding hydrogens is 304 g/mol. The predicted octanol–water partition coefficient (Wildman–Crippen LogP) is 2.64. The van der Waals surface area contributed by atoms with Gasteiger partial charge in [0, 0.05) is 25.7 Å². The van der Waals surface area contributed by atoms with E-state index in [-0.39, 0.29) is 17.7 Å². The fourth-order valence-electron chi connectivity index (χ4n) is 3.74. The van der Waals surface area contributed by atoms with Gasteiger partial charge in [0.05, 0.1) is 12.0 Å². The van der Waals surface area contributed by atoms with Crippen LogP contribution in [0.1, 0.15) is 56.3 Å². The summed E-state index contributed by atoms with van der Waals surface area (Å²) in [5, 5.41) is 13.3. The van der Waals surface area contributed by atoms with Crippen molar-refractivity contribution in [3.05, 3.63) is 29.3 Å². The van der Waals surface area contributed by atoms with Gasteiger partial charge in [0.1, 0.15) is 0 Å². The Morgan fingerprint density at radius 1 is 1.21 bits per heavy atom. The zero-order valence-corrected chi connectivity index (χ0v) is 14.3. The van der Waals surface area contributed by atoms with Gasteiger partial charge in [0.25, 0.3) is 0 Å². The zero-order valence-electron chi connectivity index (χ0n) is 14.3. The molecule has 2 N–H and O–H groups in total. The standard InChI is InChI=1S/C19H26N2O3/c1-13(22)21-10-4-6-15(12-21)19(24)20-16-9-8-14-5-2-3-7-18(23)17(14)11-16/h8-9,11,15,18,23H,2-7,10,12H2,1H3,(H,20,24). The zero-order chi connectivity index (χ0) is 17.1. The number of piperidine rings is 1. The molecule has 0 spiro atoms. The molecule has 1 aliphatic heterocycles. The van der Waals surface area contributed by atoms with Crippen molar-refractivity contribution < 1.29 is 14.7 Å². The topological polar surface area (TPSA) is 69.6 Å². The van der Waals surface area contributed by atoms with E-state index in [1.165, 1.54) is 5.56 Å². The van der Waals surface area contributed by atoms with Gasteiger partial charge in [-0.05, 0) is 55.4 Å². The second-order valence-electron chi connectivity index (χ2n) is 6.97. The van der Waals surface area contributed by atoms with Crippen LogP contribution in [0.4, 0.5) is 5.69 Å². The number of rotatable bonds is 2. The minimum absolute atomic E-state index is 0.0284. The lowest BCUT2D eigenvalue weighted by Gasteiger charge is -2.31. The first-order valence-corrected chi connectivity index (χ1v) is 8.92. The van der Waals surface area contributed by atoms with E-state index in [2.05, 4.69) is 5.32 Å². The Bertz CT molecular complexity index is 629. The van der Waals surface area contributed by atoms with Crippen LogP contribution >= 0.6 is 0 Å². The Balaban J connectivity index is 1.69. The third kappa shape index (κ3) is 3.78. The molecule has 1 heterocycles. The first-order chi connectivity index (χ1) is 11.5. The minimum Gasteiger partial charge on any atom is -0.388 e. The van der Waals surface area contributed by atoms with Crippen molar-refractivity contribution in [2.75, 3.05) is 18.4 Å². The Morgan fingerprint density at radius 3 is 2.83 bits per heavy atom. The highest BCUT2D eigenvalue weighted by Crippen LogP contribution is 2.31. The first-order valence-electron chi connectivity index (χ1n) is 8.92. The monoisotopic (exact) mass is 330 g/mol. The second kappa shape index (κ2) is 7.34. The van der Waals surface area contributed by atoms with Crippen molar-refractivity contribution >= 4 is 17.5 Å². The van der Waals surface area contributed by atoms with E-state index in [4.69, 9.17) is 0 Å². The molecule has 2 amide bonds. The molecule has 5 nitrogen and oxygen atoms in total. The van der Waals surface area contributed by atoms with Gasteiger partial charge in [0.2, 0.25) is 11.8 Å². The van der Waals surface area contributed by atoms with Gasteiger partial charge in [-0.15, -0.1) is 0 Å². The van der Waals surface area contributed by atoms with E-state index in [1.807, 2.05) is 18.2 Å². The van der Waals surface area contributed by atoms with E-state index in [9.17, 15) is 14.7 Å². The van der Waals surface area contributed by atoms with E-state index >= 15 is 0 Å². The normalized spacial score (nSPS) is 24.0. The minimum atomic E-state index is -0.442. The van der Waals surface area contributed by atoms with E-state index in [0.29, 0.717) is 6.54 Å². The number of aliphatic hydroxyl groups is 1. The fraction of sp³-hybridized carbons (Fsp3) is 0.579. The summed E-state index contributed by atoms with van der Waals surface area (Å²) >= 11 is 0. The molecule has 0 radical (unpaired) electrons. The summed E-state index contributed by atoms with van der Waals surface area (Å²) in [6, 6.07) is 5.84. The number of carbonyl (C=O) groups is 2. The average Bonchev–Trinajstić information content (AvgIpc) is 2.77. The third-order valence-electron chi connectivity index (χ3n) is 5.18. The number of anilines is 1. The van der Waals surface area contributed by atoms with Gasteiger partial charge in [-0.2, -0.15) is 0 Å². The highest BCUT2D eigenvalue weighted by Gasteiger charge is 2.27. The van der Waals surface area contributed by atoms with Crippen LogP contribution in [0.15, 0.2) is 18.2 Å². The van der Waals surface area contributed by atoms with Crippen LogP contribution < -0.4 is 5.32 Å². The lowest BCUT2D eigenvalue weighted by Crippen LogP contribution is -2.42. The van der Waals surface area contributed by atoms with Gasteiger partial charge in [-0.1, -0.05) is 12.5 Å². The highest BCUT2D eigenvalue weighted by molar-refractivity contribution is 5.93. The Hall–Kier alpha value is -1.88. The molecular formula is C19H26N2O3. The largest absolute Gasteiger partial charge is 0.388 e. The first kappa shape index (κ1) is 17.0. The molecule has 1 aliphatic carbocycles. The Morgan fingerprint density at radius 2 is 2.04 bits per heavy atom. The highest BCUT2D eigenvalue weighted by atomic mass is 16.3. The van der Waals surface area contributed by atoms with Gasteiger partial charge >= 0.3 is 0 Å². The van der Waals surface area contributed by atoms with Crippen LogP contribution in [0, 0.1) is 5.92 Å². The molecule has 0 saturated carbocycles. The Kier molecular flexibility index (Phi) is 5.19. The average molecular weight is 330 g/mol. The van der Waals surface area contributed by atoms with Crippen LogP contribution in [0.3, 0.4) is 0 Å². The molecule has 1 saturated heterocycles. The van der Waals surface area contributed by atoms with Crippen LogP contribution in [0.25, 0.3) is 0 Å². The van der Waals surface area contributed by atoms with Gasteiger partial charge in [0.15, 0.2) is 0 Å². The van der Waals surface area contributed by atoms with Crippen molar-refractivity contribution in [1.82, 2.24) is 4.90 Å². The summed E-state index contributed by atoms with van der Waals surface area (Å²) in [7, 11) is 0. The summed E-state index contributed by atoms with van der Waals surface area (Å²) in [6.45, 7) is 2.78. The number of nitrogens with one attached hydrogen (secondary N) is 1. The number of aryl methyl sites for hydroxylation is 1. The summed E-state index contributed by atoms with van der Waals surface area (Å²) < 4.78 is 0. The number of nitrogens with zero attached hydrogens (tertiary/aromatic N) is 1. The fourth-order valence-corrected chi connectivity index (χ4v) is 3.74. The molecule has 2 atom stereocenters. The molecule has 2 unspecified atom stereocenters. The molecule has 1 aromatic rings. The third-order valence-corrected chi connectivity index (χ3v) is 5.18. The quantitative estimate of drug-likeness (QED) is 0.819. The van der Waals surface area contributed by atoms with Crippen molar-refractivity contribution in [3.63, 3.8) is 0 Å². The maximum atomic E-state index is 12.5. The number of benzene rings is 1. The molecule has 3 rings (SSSR count). The van der Waals surface area contributed by atoms with Gasteiger partial charge in [-0.25, -0.2) is 0 Å². The van der Waals surface area contributed by atoms with Crippen molar-refractivity contribution in [2.45, 2.75) is 51.6 Å². The second-order valence-corrected chi connectivity index (χ2v) is 6.97. The van der Waals surface area contributed by atoms with E-state index in [0.717, 1.165) is 56.3 Å². The van der Waals surface area contributed by atoms with E-state index < -0.39 is 6.10 Å². The number of amides is 2. The number of hydrogen-bond acceptors (Lipinski definition) is 3. The SMILES string of the molecule is CC(=O)N1CCCC(C(=O)Nc2ccc3c(c2)C(O)CCCC3)C1. The van der Waals surface area contributed by atoms with Crippen LogP contribution in [-0.2, 0) is 16.0 Å². The van der Waals surface area contributed by atoms with Gasteiger partial charge < -0.3 is 15.3 Å². The molecule has 0 aromatic heterocycles. The summed E-state index contributed by atoms with van der Waals surface area (Å²) in [5.74, 6) is -0.170. The Labute approximate surface area is 143 Å². The number of likely N-dealkylation sites (tertiary alicyclic amines) is 1. The maximum absolute atomic E-state index is 12.5. The summed E-state index contributed by atoms with van der Waals surface area (Å²) in [4.78, 5) is 25.8. The molecule has 130 valence electrons. The molecule has 2 aliphatic rings. The summed E-state index contributed by atoms with van der Waals surface area (Å²) in [6.07, 6.45) is 5.11. The van der Waals surface area contributed by atoms with Gasteiger partial charge in [-0.3, -0.25) is 9.59 Å². The number of carbonyl (C=O) groups excluding carboxylic acids is 2. The van der Waals surface area contributed by atoms with Crippen LogP contribution in [0.5, 0.6) is 0 Å².